The van der Waals surface area contributed by atoms with Crippen molar-refractivity contribution in [2.75, 3.05) is 77.0 Å². The van der Waals surface area contributed by atoms with Gasteiger partial charge in [0, 0.05) is 69.5 Å². The molecule has 3 fully saturated rings. The van der Waals surface area contributed by atoms with Crippen molar-refractivity contribution in [3.05, 3.63) is 29.3 Å². The molecule has 1 atom stereocenters. The Balaban J connectivity index is 1.01. The third-order valence-electron chi connectivity index (χ3n) is 9.47. The number of carbonyl (C=O) groups is 3. The minimum atomic E-state index is -0.309. The standard InChI is InChI=1S/C31H48N6O4/c1-24(2-5-30(39)33-23-38)37-22-26-20-27(3-4-29(26)31(37)40)36-16-14-35(15-17-36)21-25-8-12-34(13-9-25)18-19-41-28-6-10-32-11-7-28/h3-4,20,23-25,28,32H,2,5-19,21-22H2,1H3,(H,33,38,39). The average Bonchev–Trinajstić information content (AvgIpc) is 3.33. The van der Waals surface area contributed by atoms with E-state index in [2.05, 4.69) is 37.5 Å². The molecule has 0 bridgehead atoms. The minimum absolute atomic E-state index is 0.0278. The summed E-state index contributed by atoms with van der Waals surface area (Å²) in [5, 5.41) is 5.57. The van der Waals surface area contributed by atoms with Gasteiger partial charge in [-0.25, -0.2) is 0 Å². The van der Waals surface area contributed by atoms with Crippen LogP contribution in [0.25, 0.3) is 0 Å². The first-order valence-corrected chi connectivity index (χ1v) is 15.7. The number of rotatable bonds is 12. The topological polar surface area (TPSA) is 97.5 Å². The number of ether oxygens (including phenoxy) is 1. The molecule has 0 radical (unpaired) electrons. The van der Waals surface area contributed by atoms with Crippen molar-refractivity contribution in [3.63, 3.8) is 0 Å². The normalized spacial score (nSPS) is 22.1. The summed E-state index contributed by atoms with van der Waals surface area (Å²) >= 11 is 0. The summed E-state index contributed by atoms with van der Waals surface area (Å²) < 4.78 is 6.11. The largest absolute Gasteiger partial charge is 0.377 e. The zero-order chi connectivity index (χ0) is 28.6. The highest BCUT2D eigenvalue weighted by Crippen LogP contribution is 2.30. The van der Waals surface area contributed by atoms with E-state index in [1.165, 1.54) is 38.2 Å². The number of piperazine rings is 1. The Morgan fingerprint density at radius 1 is 1.07 bits per heavy atom. The summed E-state index contributed by atoms with van der Waals surface area (Å²) in [5.41, 5.74) is 3.02. The molecule has 5 rings (SSSR count). The van der Waals surface area contributed by atoms with Crippen LogP contribution < -0.4 is 15.5 Å². The molecular formula is C31H48N6O4. The quantitative estimate of drug-likeness (QED) is 0.368. The maximum absolute atomic E-state index is 13.0. The van der Waals surface area contributed by atoms with Gasteiger partial charge >= 0.3 is 0 Å². The average molecular weight is 569 g/mol. The first kappa shape index (κ1) is 29.9. The Morgan fingerprint density at radius 3 is 2.56 bits per heavy atom. The monoisotopic (exact) mass is 568 g/mol. The summed E-state index contributed by atoms with van der Waals surface area (Å²) in [4.78, 5) is 44.6. The van der Waals surface area contributed by atoms with Gasteiger partial charge in [-0.1, -0.05) is 0 Å². The van der Waals surface area contributed by atoms with Crippen LogP contribution in [-0.4, -0.2) is 117 Å². The summed E-state index contributed by atoms with van der Waals surface area (Å²) in [6.07, 6.45) is 6.46. The number of imide groups is 1. The third-order valence-corrected chi connectivity index (χ3v) is 9.47. The molecule has 4 aliphatic rings. The fourth-order valence-electron chi connectivity index (χ4n) is 6.77. The molecule has 226 valence electrons. The summed E-state index contributed by atoms with van der Waals surface area (Å²) in [6.45, 7) is 14.4. The Hall–Kier alpha value is -2.53. The van der Waals surface area contributed by atoms with Crippen molar-refractivity contribution in [3.8, 4) is 0 Å². The number of fused-ring (bicyclic) bond motifs is 1. The van der Waals surface area contributed by atoms with Gasteiger partial charge < -0.3 is 24.8 Å². The molecule has 3 amide bonds. The molecule has 2 N–H and O–H groups in total. The molecule has 3 saturated heterocycles. The molecule has 0 aliphatic carbocycles. The van der Waals surface area contributed by atoms with E-state index in [9.17, 15) is 14.4 Å². The maximum atomic E-state index is 13.0. The van der Waals surface area contributed by atoms with Crippen LogP contribution >= 0.6 is 0 Å². The fraction of sp³-hybridized carbons (Fsp3) is 0.710. The van der Waals surface area contributed by atoms with Crippen molar-refractivity contribution in [2.24, 2.45) is 5.92 Å². The molecule has 4 aliphatic heterocycles. The van der Waals surface area contributed by atoms with Crippen molar-refractivity contribution in [1.82, 2.24) is 25.3 Å². The first-order valence-electron chi connectivity index (χ1n) is 15.7. The van der Waals surface area contributed by atoms with Crippen LogP contribution in [0.1, 0.15) is 61.4 Å². The van der Waals surface area contributed by atoms with E-state index in [0.29, 0.717) is 25.5 Å². The molecule has 1 aromatic carbocycles. The van der Waals surface area contributed by atoms with Crippen LogP contribution in [-0.2, 0) is 20.9 Å². The lowest BCUT2D eigenvalue weighted by Crippen LogP contribution is -2.49. The van der Waals surface area contributed by atoms with Crippen molar-refractivity contribution in [2.45, 2.75) is 64.1 Å². The van der Waals surface area contributed by atoms with E-state index >= 15 is 0 Å². The minimum Gasteiger partial charge on any atom is -0.377 e. The second-order valence-electron chi connectivity index (χ2n) is 12.2. The number of hydrogen-bond donors (Lipinski definition) is 2. The number of hydrogen-bond acceptors (Lipinski definition) is 8. The number of carbonyl (C=O) groups excluding carboxylic acids is 3. The van der Waals surface area contributed by atoms with Crippen molar-refractivity contribution < 1.29 is 19.1 Å². The molecule has 0 saturated carbocycles. The lowest BCUT2D eigenvalue weighted by molar-refractivity contribution is -0.125. The van der Waals surface area contributed by atoms with Gasteiger partial charge in [-0.15, -0.1) is 0 Å². The van der Waals surface area contributed by atoms with Gasteiger partial charge in [-0.05, 0) is 94.9 Å². The second-order valence-corrected chi connectivity index (χ2v) is 12.2. The molecule has 41 heavy (non-hydrogen) atoms. The molecule has 10 nitrogen and oxygen atoms in total. The van der Waals surface area contributed by atoms with Crippen LogP contribution in [0.15, 0.2) is 18.2 Å². The van der Waals surface area contributed by atoms with Gasteiger partial charge in [0.2, 0.25) is 12.3 Å². The zero-order valence-corrected chi connectivity index (χ0v) is 24.7. The van der Waals surface area contributed by atoms with Crippen LogP contribution in [0, 0.1) is 5.92 Å². The highest BCUT2D eigenvalue weighted by Gasteiger charge is 2.32. The molecular weight excluding hydrogens is 520 g/mol. The van der Waals surface area contributed by atoms with Crippen molar-refractivity contribution in [1.29, 1.82) is 0 Å². The van der Waals surface area contributed by atoms with Crippen LogP contribution in [0.4, 0.5) is 5.69 Å². The third kappa shape index (κ3) is 8.06. The number of piperidine rings is 2. The highest BCUT2D eigenvalue weighted by atomic mass is 16.5. The van der Waals surface area contributed by atoms with E-state index in [1.807, 2.05) is 17.9 Å². The Morgan fingerprint density at radius 2 is 1.83 bits per heavy atom. The van der Waals surface area contributed by atoms with Gasteiger partial charge in [-0.3, -0.25) is 24.6 Å². The smallest absolute Gasteiger partial charge is 0.254 e. The Labute approximate surface area is 244 Å². The highest BCUT2D eigenvalue weighted by molar-refractivity contribution is 5.99. The number of anilines is 1. The molecule has 10 heteroatoms. The molecule has 1 unspecified atom stereocenters. The number of likely N-dealkylation sites (tertiary alicyclic amines) is 1. The van der Waals surface area contributed by atoms with E-state index in [-0.39, 0.29) is 24.3 Å². The van der Waals surface area contributed by atoms with Gasteiger partial charge in [0.15, 0.2) is 0 Å². The molecule has 0 aromatic heterocycles. The summed E-state index contributed by atoms with van der Waals surface area (Å²) in [7, 11) is 0. The van der Waals surface area contributed by atoms with Crippen LogP contribution in [0.2, 0.25) is 0 Å². The second kappa shape index (κ2) is 14.6. The van der Waals surface area contributed by atoms with Gasteiger partial charge in [0.25, 0.3) is 5.91 Å². The number of benzene rings is 1. The van der Waals surface area contributed by atoms with E-state index < -0.39 is 0 Å². The number of nitrogens with one attached hydrogen (secondary N) is 2. The van der Waals surface area contributed by atoms with Gasteiger partial charge in [0.1, 0.15) is 0 Å². The SMILES string of the molecule is CC(CCC(=O)NC=O)N1Cc2cc(N3CCN(CC4CCN(CCOC5CCNCC5)CC4)CC3)ccc2C1=O. The van der Waals surface area contributed by atoms with E-state index in [1.54, 1.807) is 0 Å². The lowest BCUT2D eigenvalue weighted by atomic mass is 9.96. The Kier molecular flexibility index (Phi) is 10.6. The predicted molar refractivity (Wildman–Crippen MR) is 159 cm³/mol. The van der Waals surface area contributed by atoms with Gasteiger partial charge in [0.05, 0.1) is 12.7 Å². The summed E-state index contributed by atoms with van der Waals surface area (Å²) in [5.74, 6) is 0.503. The number of nitrogens with zero attached hydrogens (tertiary/aromatic N) is 4. The first-order chi connectivity index (χ1) is 20.0. The molecule has 0 spiro atoms. The summed E-state index contributed by atoms with van der Waals surface area (Å²) in [6, 6.07) is 6.16. The van der Waals surface area contributed by atoms with E-state index in [0.717, 1.165) is 82.3 Å². The van der Waals surface area contributed by atoms with Crippen LogP contribution in [0.3, 0.4) is 0 Å². The van der Waals surface area contributed by atoms with Gasteiger partial charge in [-0.2, -0.15) is 0 Å². The van der Waals surface area contributed by atoms with Crippen molar-refractivity contribution >= 4 is 23.9 Å². The lowest BCUT2D eigenvalue weighted by Gasteiger charge is -2.39. The zero-order valence-electron chi connectivity index (χ0n) is 24.7. The number of amides is 3. The fourth-order valence-corrected chi connectivity index (χ4v) is 6.77. The molecule has 4 heterocycles. The maximum Gasteiger partial charge on any atom is 0.254 e. The molecule has 1 aromatic rings. The Bertz CT molecular complexity index is 1030. The predicted octanol–water partition coefficient (Wildman–Crippen LogP) is 1.69. The van der Waals surface area contributed by atoms with Crippen LogP contribution in [0.5, 0.6) is 0 Å². The van der Waals surface area contributed by atoms with E-state index in [4.69, 9.17) is 4.74 Å².